The van der Waals surface area contributed by atoms with E-state index in [0.717, 1.165) is 6.42 Å². The first-order valence-corrected chi connectivity index (χ1v) is 6.79. The highest BCUT2D eigenvalue weighted by Crippen LogP contribution is 2.28. The second kappa shape index (κ2) is 5.85. The maximum atomic E-state index is 5.92. The SMILES string of the molecule is CNC(CC(C)N)c1ccc(C(C)(C)C)cc1C. The Labute approximate surface area is 112 Å². The summed E-state index contributed by atoms with van der Waals surface area (Å²) < 4.78 is 0. The van der Waals surface area contributed by atoms with Crippen molar-refractivity contribution in [2.45, 2.75) is 58.5 Å². The maximum absolute atomic E-state index is 5.92. The van der Waals surface area contributed by atoms with Gasteiger partial charge in [-0.3, -0.25) is 0 Å². The molecule has 0 spiro atoms. The molecule has 102 valence electrons. The molecular weight excluding hydrogens is 220 g/mol. The summed E-state index contributed by atoms with van der Waals surface area (Å²) in [7, 11) is 2.00. The van der Waals surface area contributed by atoms with Crippen LogP contribution in [0.15, 0.2) is 18.2 Å². The molecule has 3 N–H and O–H groups in total. The van der Waals surface area contributed by atoms with Gasteiger partial charge in [0, 0.05) is 12.1 Å². The van der Waals surface area contributed by atoms with Gasteiger partial charge in [0.15, 0.2) is 0 Å². The molecule has 2 atom stereocenters. The number of rotatable bonds is 4. The highest BCUT2D eigenvalue weighted by Gasteiger charge is 2.18. The van der Waals surface area contributed by atoms with Crippen LogP contribution in [-0.4, -0.2) is 13.1 Å². The fourth-order valence-electron chi connectivity index (χ4n) is 2.31. The Hall–Kier alpha value is -0.860. The number of aryl methyl sites for hydroxylation is 1. The first kappa shape index (κ1) is 15.2. The molecule has 0 bridgehead atoms. The minimum atomic E-state index is 0.208. The summed E-state index contributed by atoms with van der Waals surface area (Å²) in [6.07, 6.45) is 0.964. The third kappa shape index (κ3) is 3.82. The van der Waals surface area contributed by atoms with Crippen molar-refractivity contribution >= 4 is 0 Å². The number of nitrogens with one attached hydrogen (secondary N) is 1. The minimum Gasteiger partial charge on any atom is -0.328 e. The Balaban J connectivity index is 3.04. The van der Waals surface area contributed by atoms with E-state index in [4.69, 9.17) is 5.73 Å². The van der Waals surface area contributed by atoms with Crippen molar-refractivity contribution in [2.75, 3.05) is 7.05 Å². The van der Waals surface area contributed by atoms with E-state index in [0.29, 0.717) is 6.04 Å². The van der Waals surface area contributed by atoms with Crippen molar-refractivity contribution in [3.05, 3.63) is 34.9 Å². The molecule has 1 aromatic rings. The van der Waals surface area contributed by atoms with Crippen molar-refractivity contribution in [1.82, 2.24) is 5.32 Å². The predicted octanol–water partition coefficient (Wildman–Crippen LogP) is 3.29. The van der Waals surface area contributed by atoms with Crippen molar-refractivity contribution in [2.24, 2.45) is 5.73 Å². The van der Waals surface area contributed by atoms with E-state index in [1.165, 1.54) is 16.7 Å². The van der Waals surface area contributed by atoms with Gasteiger partial charge in [-0.2, -0.15) is 0 Å². The van der Waals surface area contributed by atoms with Crippen LogP contribution in [0.2, 0.25) is 0 Å². The van der Waals surface area contributed by atoms with Crippen LogP contribution in [0.3, 0.4) is 0 Å². The zero-order chi connectivity index (χ0) is 13.9. The van der Waals surface area contributed by atoms with Gasteiger partial charge in [0.05, 0.1) is 0 Å². The van der Waals surface area contributed by atoms with Crippen molar-refractivity contribution in [1.29, 1.82) is 0 Å². The standard InChI is InChI=1S/C16H28N2/c1-11-9-13(16(3,4)5)7-8-14(11)15(18-6)10-12(2)17/h7-9,12,15,18H,10,17H2,1-6H3. The average molecular weight is 248 g/mol. The van der Waals surface area contributed by atoms with Gasteiger partial charge in [-0.25, -0.2) is 0 Å². The highest BCUT2D eigenvalue weighted by molar-refractivity contribution is 5.36. The predicted molar refractivity (Wildman–Crippen MR) is 79.9 cm³/mol. The van der Waals surface area contributed by atoms with Gasteiger partial charge in [0.1, 0.15) is 0 Å². The van der Waals surface area contributed by atoms with Gasteiger partial charge < -0.3 is 11.1 Å². The molecule has 0 aliphatic heterocycles. The van der Waals surface area contributed by atoms with Crippen LogP contribution in [0, 0.1) is 6.92 Å². The van der Waals surface area contributed by atoms with E-state index in [1.54, 1.807) is 0 Å². The number of hydrogen-bond donors (Lipinski definition) is 2. The lowest BCUT2D eigenvalue weighted by atomic mass is 9.84. The molecule has 0 radical (unpaired) electrons. The number of benzene rings is 1. The molecule has 2 heteroatoms. The molecule has 2 unspecified atom stereocenters. The fraction of sp³-hybridized carbons (Fsp3) is 0.625. The lowest BCUT2D eigenvalue weighted by Crippen LogP contribution is -2.26. The van der Waals surface area contributed by atoms with Crippen molar-refractivity contribution < 1.29 is 0 Å². The topological polar surface area (TPSA) is 38.0 Å². The summed E-state index contributed by atoms with van der Waals surface area (Å²) in [5.74, 6) is 0. The van der Waals surface area contributed by atoms with Gasteiger partial charge in [-0.1, -0.05) is 39.0 Å². The van der Waals surface area contributed by atoms with Gasteiger partial charge in [0.25, 0.3) is 0 Å². The third-order valence-corrected chi connectivity index (χ3v) is 3.47. The molecule has 0 saturated heterocycles. The Morgan fingerprint density at radius 2 is 1.89 bits per heavy atom. The minimum absolute atomic E-state index is 0.208. The van der Waals surface area contributed by atoms with E-state index in [-0.39, 0.29) is 11.5 Å². The van der Waals surface area contributed by atoms with Gasteiger partial charge >= 0.3 is 0 Å². The third-order valence-electron chi connectivity index (χ3n) is 3.47. The Morgan fingerprint density at radius 3 is 2.28 bits per heavy atom. The smallest absolute Gasteiger partial charge is 0.0334 e. The molecule has 0 saturated carbocycles. The summed E-state index contributed by atoms with van der Waals surface area (Å²) in [5.41, 5.74) is 10.2. The zero-order valence-electron chi connectivity index (χ0n) is 12.7. The molecule has 0 aromatic heterocycles. The summed E-state index contributed by atoms with van der Waals surface area (Å²) in [6, 6.07) is 7.36. The van der Waals surface area contributed by atoms with Crippen LogP contribution in [0.1, 0.15) is 56.8 Å². The molecule has 1 aromatic carbocycles. The fourth-order valence-corrected chi connectivity index (χ4v) is 2.31. The molecule has 18 heavy (non-hydrogen) atoms. The molecule has 0 heterocycles. The molecule has 1 rings (SSSR count). The Bertz CT molecular complexity index is 389. The summed E-state index contributed by atoms with van der Waals surface area (Å²) in [5, 5.41) is 3.37. The van der Waals surface area contributed by atoms with Gasteiger partial charge in [-0.15, -0.1) is 0 Å². The van der Waals surface area contributed by atoms with Crippen LogP contribution < -0.4 is 11.1 Å². The molecule has 2 nitrogen and oxygen atoms in total. The molecule has 0 amide bonds. The summed E-state index contributed by atoms with van der Waals surface area (Å²) in [6.45, 7) is 11.0. The van der Waals surface area contributed by atoms with Crippen LogP contribution in [0.5, 0.6) is 0 Å². The number of hydrogen-bond acceptors (Lipinski definition) is 2. The lowest BCUT2D eigenvalue weighted by Gasteiger charge is -2.24. The second-order valence-electron chi connectivity index (χ2n) is 6.38. The van der Waals surface area contributed by atoms with Crippen LogP contribution in [-0.2, 0) is 5.41 Å². The molecular formula is C16H28N2. The van der Waals surface area contributed by atoms with Crippen LogP contribution in [0.4, 0.5) is 0 Å². The summed E-state index contributed by atoms with van der Waals surface area (Å²) in [4.78, 5) is 0. The highest BCUT2D eigenvalue weighted by atomic mass is 14.9. The van der Waals surface area contributed by atoms with Crippen LogP contribution in [0.25, 0.3) is 0 Å². The Kier molecular flexibility index (Phi) is 4.94. The quantitative estimate of drug-likeness (QED) is 0.858. The maximum Gasteiger partial charge on any atom is 0.0334 e. The zero-order valence-corrected chi connectivity index (χ0v) is 12.7. The first-order chi connectivity index (χ1) is 8.25. The van der Waals surface area contributed by atoms with Crippen LogP contribution >= 0.6 is 0 Å². The lowest BCUT2D eigenvalue weighted by molar-refractivity contribution is 0.496. The largest absolute Gasteiger partial charge is 0.328 e. The molecule has 0 fully saturated rings. The van der Waals surface area contributed by atoms with E-state index < -0.39 is 0 Å². The van der Waals surface area contributed by atoms with Crippen molar-refractivity contribution in [3.63, 3.8) is 0 Å². The van der Waals surface area contributed by atoms with Gasteiger partial charge in [-0.05, 0) is 49.4 Å². The molecule has 0 aliphatic rings. The van der Waals surface area contributed by atoms with Crippen molar-refractivity contribution in [3.8, 4) is 0 Å². The van der Waals surface area contributed by atoms with E-state index in [2.05, 4.69) is 58.1 Å². The van der Waals surface area contributed by atoms with Gasteiger partial charge in [0.2, 0.25) is 0 Å². The normalized spacial score (nSPS) is 15.5. The van der Waals surface area contributed by atoms with E-state index in [9.17, 15) is 0 Å². The van der Waals surface area contributed by atoms with E-state index in [1.807, 2.05) is 7.05 Å². The monoisotopic (exact) mass is 248 g/mol. The first-order valence-electron chi connectivity index (χ1n) is 6.79. The van der Waals surface area contributed by atoms with E-state index >= 15 is 0 Å². The second-order valence-corrected chi connectivity index (χ2v) is 6.38. The average Bonchev–Trinajstić information content (AvgIpc) is 2.24. The number of nitrogens with two attached hydrogens (primary N) is 1. The summed E-state index contributed by atoms with van der Waals surface area (Å²) >= 11 is 0. The molecule has 0 aliphatic carbocycles. The Morgan fingerprint density at radius 1 is 1.28 bits per heavy atom.